The average Bonchev–Trinajstić information content (AvgIpc) is 2.67. The van der Waals surface area contributed by atoms with Crippen LogP contribution in [0.3, 0.4) is 0 Å². The lowest BCUT2D eigenvalue weighted by Crippen LogP contribution is -2.48. The number of carbonyl (C=O) groups excluding carboxylic acids is 2. The maximum absolute atomic E-state index is 12.8. The molecule has 7 nitrogen and oxygen atoms in total. The molecule has 1 saturated heterocycles. The van der Waals surface area contributed by atoms with Crippen LogP contribution in [-0.2, 0) is 10.2 Å². The summed E-state index contributed by atoms with van der Waals surface area (Å²) >= 11 is 0. The molecule has 28 heavy (non-hydrogen) atoms. The van der Waals surface area contributed by atoms with Crippen LogP contribution in [0.15, 0.2) is 30.3 Å². The van der Waals surface area contributed by atoms with E-state index in [9.17, 15) is 9.59 Å². The molecular weight excluding hydrogens is 354 g/mol. The topological polar surface area (TPSA) is 78.4 Å². The van der Waals surface area contributed by atoms with Crippen LogP contribution in [0.1, 0.15) is 42.6 Å². The summed E-state index contributed by atoms with van der Waals surface area (Å²) in [5.74, 6) is 0.985. The fraction of sp³-hybridized carbons (Fsp3) is 0.429. The second kappa shape index (κ2) is 7.96. The number of aromatic nitrogens is 2. The minimum Gasteiger partial charge on any atom is -0.342 e. The van der Waals surface area contributed by atoms with Crippen LogP contribution in [0.2, 0.25) is 0 Å². The number of aryl methyl sites for hydroxylation is 1. The summed E-state index contributed by atoms with van der Waals surface area (Å²) in [4.78, 5) is 35.8. The zero-order valence-corrected chi connectivity index (χ0v) is 16.9. The van der Waals surface area contributed by atoms with Crippen molar-refractivity contribution in [2.45, 2.75) is 33.1 Å². The van der Waals surface area contributed by atoms with Gasteiger partial charge < -0.3 is 15.1 Å². The number of amides is 2. The number of carbonyl (C=O) groups is 2. The Morgan fingerprint density at radius 3 is 2.29 bits per heavy atom. The van der Waals surface area contributed by atoms with Gasteiger partial charge in [-0.3, -0.25) is 9.59 Å². The minimum absolute atomic E-state index is 0.0947. The van der Waals surface area contributed by atoms with Crippen LogP contribution in [0, 0.1) is 6.92 Å². The number of anilines is 2. The SMILES string of the molecule is Cc1nc(Nc2ccc(C(C)(C)C)cc2)cc(C(=O)N2CCN(C=O)CC2)n1. The Kier molecular flexibility index (Phi) is 5.63. The molecule has 148 valence electrons. The van der Waals surface area contributed by atoms with Gasteiger partial charge in [0.15, 0.2) is 0 Å². The molecule has 0 unspecified atom stereocenters. The third kappa shape index (κ3) is 4.65. The van der Waals surface area contributed by atoms with E-state index in [-0.39, 0.29) is 11.3 Å². The molecule has 0 spiro atoms. The fourth-order valence-corrected chi connectivity index (χ4v) is 3.14. The molecule has 0 aliphatic carbocycles. The van der Waals surface area contributed by atoms with Crippen molar-refractivity contribution >= 4 is 23.8 Å². The standard InChI is InChI=1S/C21H27N5O2/c1-15-22-18(20(28)26-11-9-25(14-27)10-12-26)13-19(23-15)24-17-7-5-16(6-8-17)21(2,3)4/h5-8,13-14H,9-12H2,1-4H3,(H,22,23,24). The number of hydrogen-bond donors (Lipinski definition) is 1. The van der Waals surface area contributed by atoms with Crippen LogP contribution in [0.5, 0.6) is 0 Å². The maximum Gasteiger partial charge on any atom is 0.272 e. The van der Waals surface area contributed by atoms with Crippen LogP contribution < -0.4 is 5.32 Å². The largest absolute Gasteiger partial charge is 0.342 e. The monoisotopic (exact) mass is 381 g/mol. The molecule has 0 atom stereocenters. The Morgan fingerprint density at radius 2 is 1.71 bits per heavy atom. The first kappa shape index (κ1) is 19.8. The number of rotatable bonds is 4. The van der Waals surface area contributed by atoms with Crippen molar-refractivity contribution in [3.63, 3.8) is 0 Å². The van der Waals surface area contributed by atoms with E-state index >= 15 is 0 Å². The molecule has 0 saturated carbocycles. The summed E-state index contributed by atoms with van der Waals surface area (Å²) in [6.45, 7) is 10.4. The molecule has 3 rings (SSSR count). The average molecular weight is 381 g/mol. The third-order valence-electron chi connectivity index (χ3n) is 4.83. The molecule has 2 heterocycles. The number of nitrogens with one attached hydrogen (secondary N) is 1. The maximum atomic E-state index is 12.8. The lowest BCUT2D eigenvalue weighted by Gasteiger charge is -2.32. The zero-order valence-electron chi connectivity index (χ0n) is 16.9. The van der Waals surface area contributed by atoms with E-state index in [2.05, 4.69) is 48.2 Å². The van der Waals surface area contributed by atoms with Gasteiger partial charge in [-0.25, -0.2) is 9.97 Å². The molecule has 1 aliphatic heterocycles. The van der Waals surface area contributed by atoms with Gasteiger partial charge in [0, 0.05) is 37.9 Å². The van der Waals surface area contributed by atoms with Gasteiger partial charge in [0.1, 0.15) is 17.3 Å². The molecule has 7 heteroatoms. The summed E-state index contributed by atoms with van der Waals surface area (Å²) in [5.41, 5.74) is 2.62. The second-order valence-corrected chi connectivity index (χ2v) is 8.07. The molecule has 1 fully saturated rings. The highest BCUT2D eigenvalue weighted by atomic mass is 16.2. The quantitative estimate of drug-likeness (QED) is 0.824. The summed E-state index contributed by atoms with van der Waals surface area (Å²) in [5, 5.41) is 3.26. The Labute approximate surface area is 165 Å². The van der Waals surface area contributed by atoms with E-state index in [1.54, 1.807) is 22.8 Å². The summed E-state index contributed by atoms with van der Waals surface area (Å²) in [6, 6.07) is 9.89. The molecule has 0 radical (unpaired) electrons. The van der Waals surface area contributed by atoms with E-state index in [4.69, 9.17) is 0 Å². The van der Waals surface area contributed by atoms with Crippen LogP contribution in [0.4, 0.5) is 11.5 Å². The summed E-state index contributed by atoms with van der Waals surface area (Å²) in [7, 11) is 0. The minimum atomic E-state index is -0.137. The predicted octanol–water partition coefficient (Wildman–Crippen LogP) is 2.74. The number of hydrogen-bond acceptors (Lipinski definition) is 5. The highest BCUT2D eigenvalue weighted by Crippen LogP contribution is 2.24. The third-order valence-corrected chi connectivity index (χ3v) is 4.83. The van der Waals surface area contributed by atoms with Gasteiger partial charge in [-0.05, 0) is 30.0 Å². The molecule has 1 aliphatic rings. The van der Waals surface area contributed by atoms with Crippen LogP contribution in [-0.4, -0.2) is 58.3 Å². The Morgan fingerprint density at radius 1 is 1.07 bits per heavy atom. The first-order valence-electron chi connectivity index (χ1n) is 9.48. The Balaban J connectivity index is 1.74. The highest BCUT2D eigenvalue weighted by molar-refractivity contribution is 5.93. The lowest BCUT2D eigenvalue weighted by atomic mass is 9.87. The molecule has 1 aromatic carbocycles. The fourth-order valence-electron chi connectivity index (χ4n) is 3.14. The predicted molar refractivity (Wildman–Crippen MR) is 109 cm³/mol. The van der Waals surface area contributed by atoms with Gasteiger partial charge in [-0.1, -0.05) is 32.9 Å². The Hall–Kier alpha value is -2.96. The van der Waals surface area contributed by atoms with Crippen molar-refractivity contribution in [2.24, 2.45) is 0 Å². The van der Waals surface area contributed by atoms with Gasteiger partial charge in [-0.2, -0.15) is 0 Å². The summed E-state index contributed by atoms with van der Waals surface area (Å²) < 4.78 is 0. The molecule has 0 bridgehead atoms. The van der Waals surface area contributed by atoms with Crippen molar-refractivity contribution in [2.75, 3.05) is 31.5 Å². The first-order valence-corrected chi connectivity index (χ1v) is 9.48. The number of piperazine rings is 1. The van der Waals surface area contributed by atoms with Crippen LogP contribution in [0.25, 0.3) is 0 Å². The van der Waals surface area contributed by atoms with Crippen molar-refractivity contribution in [3.05, 3.63) is 47.4 Å². The second-order valence-electron chi connectivity index (χ2n) is 8.07. The molecule has 2 amide bonds. The van der Waals surface area contributed by atoms with Crippen molar-refractivity contribution in [1.82, 2.24) is 19.8 Å². The van der Waals surface area contributed by atoms with E-state index < -0.39 is 0 Å². The Bertz CT molecular complexity index is 850. The zero-order chi connectivity index (χ0) is 20.3. The molecule has 1 aromatic heterocycles. The van der Waals surface area contributed by atoms with E-state index in [0.29, 0.717) is 43.5 Å². The number of nitrogens with zero attached hydrogens (tertiary/aromatic N) is 4. The highest BCUT2D eigenvalue weighted by Gasteiger charge is 2.23. The van der Waals surface area contributed by atoms with Gasteiger partial charge in [0.2, 0.25) is 6.41 Å². The smallest absolute Gasteiger partial charge is 0.272 e. The lowest BCUT2D eigenvalue weighted by molar-refractivity contribution is -0.119. The van der Waals surface area contributed by atoms with Gasteiger partial charge in [-0.15, -0.1) is 0 Å². The molecule has 2 aromatic rings. The first-order chi connectivity index (χ1) is 13.3. The van der Waals surface area contributed by atoms with Crippen molar-refractivity contribution < 1.29 is 9.59 Å². The van der Waals surface area contributed by atoms with E-state index in [0.717, 1.165) is 12.1 Å². The van der Waals surface area contributed by atoms with Crippen LogP contribution >= 0.6 is 0 Å². The normalized spacial score (nSPS) is 14.7. The molecular formula is C21H27N5O2. The van der Waals surface area contributed by atoms with Gasteiger partial charge in [0.25, 0.3) is 5.91 Å². The van der Waals surface area contributed by atoms with Gasteiger partial charge >= 0.3 is 0 Å². The van der Waals surface area contributed by atoms with E-state index in [1.807, 2.05) is 12.1 Å². The van der Waals surface area contributed by atoms with Crippen molar-refractivity contribution in [3.8, 4) is 0 Å². The van der Waals surface area contributed by atoms with E-state index in [1.165, 1.54) is 5.56 Å². The van der Waals surface area contributed by atoms with Crippen molar-refractivity contribution in [1.29, 1.82) is 0 Å². The van der Waals surface area contributed by atoms with Gasteiger partial charge in [0.05, 0.1) is 0 Å². The number of benzene rings is 1. The molecule has 1 N–H and O–H groups in total. The summed E-state index contributed by atoms with van der Waals surface area (Å²) in [6.07, 6.45) is 0.823.